The smallest absolute Gasteiger partial charge is 0.407 e. The standard InChI is InChI=1S/C61H73FN12O13/c1-39(2)55(73-52(75)21-25-82-28-30-84-32-33-85-31-29-83-27-24-74-53(76)19-20-54(74)77)59(79)70-50(12-7-22-64-60(63)80)58(78)69-44-16-13-41(14-17-44)38-87-61(81)65-23-26-86-45-35-43-34-42(15-18-47(43)66-36-45)56-57(49-11-6-8-40(3)68-49)72-51(71-56)37-67-48-10-5-4-9-46(48)62/h4-6,8-11,13-20,34-36,39,50,55,67H,7,12,21-33,37-38H2,1-3H3,(H,65,81)(H,69,78)(H,70,79)(H,71,72)(H,73,75)(H3,63,64,80)/t50?,55-/m0/s1. The van der Waals surface area contributed by atoms with Crippen molar-refractivity contribution in [3.05, 3.63) is 132 Å². The van der Waals surface area contributed by atoms with Gasteiger partial charge in [-0.25, -0.2) is 19.0 Å². The summed E-state index contributed by atoms with van der Waals surface area (Å²) in [6, 6.07) is 23.5. The predicted molar refractivity (Wildman–Crippen MR) is 319 cm³/mol. The van der Waals surface area contributed by atoms with Crippen molar-refractivity contribution in [3.8, 4) is 28.4 Å². The van der Waals surface area contributed by atoms with E-state index < -0.39 is 41.9 Å². The monoisotopic (exact) mass is 1200 g/mol. The van der Waals surface area contributed by atoms with E-state index in [0.29, 0.717) is 59.7 Å². The first-order valence-corrected chi connectivity index (χ1v) is 28.4. The van der Waals surface area contributed by atoms with Gasteiger partial charge in [0.25, 0.3) is 11.8 Å². The highest BCUT2D eigenvalue weighted by molar-refractivity contribution is 6.12. The van der Waals surface area contributed by atoms with Crippen LogP contribution in [0.4, 0.5) is 25.4 Å². The number of nitrogens with two attached hydrogens (primary N) is 1. The van der Waals surface area contributed by atoms with Gasteiger partial charge in [0.1, 0.15) is 48.4 Å². The molecule has 8 amide bonds. The van der Waals surface area contributed by atoms with E-state index in [0.717, 1.165) is 32.8 Å². The molecule has 7 rings (SSSR count). The van der Waals surface area contributed by atoms with Crippen LogP contribution in [-0.2, 0) is 60.8 Å². The number of para-hydroxylation sites is 1. The molecule has 87 heavy (non-hydrogen) atoms. The number of urea groups is 1. The summed E-state index contributed by atoms with van der Waals surface area (Å²) >= 11 is 0. The van der Waals surface area contributed by atoms with Crippen molar-refractivity contribution in [1.82, 2.24) is 46.1 Å². The number of carbonyl (C=O) groups is 7. The van der Waals surface area contributed by atoms with Gasteiger partial charge >= 0.3 is 12.1 Å². The molecule has 1 aliphatic heterocycles. The van der Waals surface area contributed by atoms with Gasteiger partial charge in [0.05, 0.1) is 101 Å². The number of imide groups is 1. The van der Waals surface area contributed by atoms with Crippen LogP contribution >= 0.6 is 0 Å². The lowest BCUT2D eigenvalue weighted by molar-refractivity contribution is -0.137. The maximum absolute atomic E-state index is 14.4. The van der Waals surface area contributed by atoms with Gasteiger partial charge in [-0.1, -0.05) is 50.2 Å². The van der Waals surface area contributed by atoms with E-state index in [1.54, 1.807) is 62.5 Å². The second-order valence-corrected chi connectivity index (χ2v) is 20.2. The minimum Gasteiger partial charge on any atom is -0.490 e. The Kier molecular flexibility index (Phi) is 25.4. The largest absolute Gasteiger partial charge is 0.490 e. The summed E-state index contributed by atoms with van der Waals surface area (Å²) in [5.74, 6) is -1.96. The summed E-state index contributed by atoms with van der Waals surface area (Å²) in [6.07, 6.45) is 3.72. The maximum Gasteiger partial charge on any atom is 0.407 e. The number of hydrogen-bond donors (Lipinski definition) is 8. The molecular weight excluding hydrogens is 1130 g/mol. The van der Waals surface area contributed by atoms with Crippen molar-refractivity contribution in [3.63, 3.8) is 0 Å². The van der Waals surface area contributed by atoms with Crippen molar-refractivity contribution >= 4 is 63.9 Å². The van der Waals surface area contributed by atoms with Gasteiger partial charge in [0, 0.05) is 47.4 Å². The Morgan fingerprint density at radius 3 is 2.16 bits per heavy atom. The van der Waals surface area contributed by atoms with Crippen LogP contribution in [0.3, 0.4) is 0 Å². The molecule has 462 valence electrons. The third kappa shape index (κ3) is 21.3. The predicted octanol–water partition coefficient (Wildman–Crippen LogP) is 5.45. The molecule has 25 nitrogen and oxygen atoms in total. The second-order valence-electron chi connectivity index (χ2n) is 20.2. The number of aromatic amines is 1. The van der Waals surface area contributed by atoms with Crippen molar-refractivity contribution in [1.29, 1.82) is 0 Å². The number of aryl methyl sites for hydroxylation is 1. The fourth-order valence-electron chi connectivity index (χ4n) is 8.70. The highest BCUT2D eigenvalue weighted by Crippen LogP contribution is 2.32. The van der Waals surface area contributed by atoms with E-state index in [2.05, 4.69) is 41.9 Å². The van der Waals surface area contributed by atoms with Crippen molar-refractivity contribution in [2.45, 2.75) is 65.3 Å². The van der Waals surface area contributed by atoms with Gasteiger partial charge in [-0.05, 0) is 85.8 Å². The Morgan fingerprint density at radius 2 is 1.46 bits per heavy atom. The molecule has 1 aliphatic rings. The Morgan fingerprint density at radius 1 is 0.747 bits per heavy atom. The van der Waals surface area contributed by atoms with Crippen LogP contribution in [0.25, 0.3) is 33.5 Å². The van der Waals surface area contributed by atoms with Crippen LogP contribution in [0, 0.1) is 18.7 Å². The maximum atomic E-state index is 14.4. The van der Waals surface area contributed by atoms with Gasteiger partial charge < -0.3 is 71.0 Å². The summed E-state index contributed by atoms with van der Waals surface area (Å²) in [5.41, 5.74) is 11.0. The minimum atomic E-state index is -1.07. The Labute approximate surface area is 502 Å². The average Bonchev–Trinajstić information content (AvgIpc) is 2.16. The Hall–Kier alpha value is -9.37. The topological polar surface area (TPSA) is 331 Å². The quantitative estimate of drug-likeness (QED) is 0.0179. The van der Waals surface area contributed by atoms with Crippen LogP contribution in [0.2, 0.25) is 0 Å². The zero-order chi connectivity index (χ0) is 61.9. The number of pyridine rings is 2. The SMILES string of the molecule is Cc1cccc(-c2nc(CNc3ccccc3F)[nH]c2-c2ccc3ncc(OCCNC(=O)OCc4ccc(NC(=O)C(CCCNC(N)=O)NC(=O)[C@@H](NC(=O)CCOCCOCCOCCOCCN5C(=O)C=CC5=O)C(C)C)cc4)cc3c2)n1. The van der Waals surface area contributed by atoms with E-state index in [-0.39, 0.29) is 115 Å². The average molecular weight is 1200 g/mol. The number of aromatic nitrogens is 4. The van der Waals surface area contributed by atoms with Crippen LogP contribution in [0.15, 0.2) is 109 Å². The molecule has 1 unspecified atom stereocenters. The molecule has 26 heteroatoms. The number of H-pyrrole nitrogens is 1. The van der Waals surface area contributed by atoms with E-state index in [9.17, 15) is 38.0 Å². The van der Waals surface area contributed by atoms with Gasteiger partial charge in [0.15, 0.2) is 0 Å². The summed E-state index contributed by atoms with van der Waals surface area (Å²) in [6.45, 7) is 8.05. The molecule has 0 radical (unpaired) electrons. The van der Waals surface area contributed by atoms with E-state index in [4.69, 9.17) is 44.1 Å². The number of benzene rings is 3. The Balaban J connectivity index is 0.805. The molecule has 0 fully saturated rings. The van der Waals surface area contributed by atoms with Gasteiger partial charge in [-0.15, -0.1) is 0 Å². The molecule has 3 aromatic heterocycles. The van der Waals surface area contributed by atoms with Crippen LogP contribution < -0.4 is 42.4 Å². The lowest BCUT2D eigenvalue weighted by atomic mass is 10.0. The number of anilines is 2. The van der Waals surface area contributed by atoms with Gasteiger partial charge in [-0.2, -0.15) is 0 Å². The zero-order valence-corrected chi connectivity index (χ0v) is 48.7. The molecule has 0 saturated carbocycles. The molecule has 3 aromatic carbocycles. The molecule has 2 atom stereocenters. The number of imidazole rings is 1. The number of halogens is 1. The molecule has 6 aromatic rings. The Bertz CT molecular complexity index is 3310. The number of alkyl carbamates (subject to hydrolysis) is 1. The minimum absolute atomic E-state index is 0.0405. The van der Waals surface area contributed by atoms with E-state index >= 15 is 0 Å². The summed E-state index contributed by atoms with van der Waals surface area (Å²) in [7, 11) is 0. The number of ether oxygens (including phenoxy) is 6. The number of primary amides is 1. The van der Waals surface area contributed by atoms with E-state index in [1.807, 2.05) is 49.4 Å². The number of nitrogens with zero attached hydrogens (tertiary/aromatic N) is 4. The third-order valence-corrected chi connectivity index (χ3v) is 13.2. The summed E-state index contributed by atoms with van der Waals surface area (Å²) < 4.78 is 47.6. The fourth-order valence-corrected chi connectivity index (χ4v) is 8.70. The number of hydrogen-bond acceptors (Lipinski definition) is 17. The van der Waals surface area contributed by atoms with Crippen LogP contribution in [-0.4, -0.2) is 158 Å². The lowest BCUT2D eigenvalue weighted by Gasteiger charge is -2.25. The summed E-state index contributed by atoms with van der Waals surface area (Å²) in [4.78, 5) is 106. The summed E-state index contributed by atoms with van der Waals surface area (Å²) in [5, 5.41) is 17.3. The van der Waals surface area contributed by atoms with Crippen LogP contribution in [0.1, 0.15) is 50.2 Å². The highest BCUT2D eigenvalue weighted by atomic mass is 19.1. The molecule has 0 spiro atoms. The highest BCUT2D eigenvalue weighted by Gasteiger charge is 2.29. The number of amides is 8. The number of rotatable bonds is 36. The number of nitrogens with one attached hydrogen (secondary N) is 7. The first-order chi connectivity index (χ1) is 42.1. The normalized spacial score (nSPS) is 12.7. The molecule has 0 bridgehead atoms. The van der Waals surface area contributed by atoms with Crippen molar-refractivity contribution < 1.29 is 66.4 Å². The van der Waals surface area contributed by atoms with Crippen molar-refractivity contribution in [2.24, 2.45) is 11.7 Å². The molecular formula is C61H73FN12O13. The first kappa shape index (κ1) is 65.2. The van der Waals surface area contributed by atoms with Crippen molar-refractivity contribution in [2.75, 3.05) is 89.7 Å². The molecule has 9 N–H and O–H groups in total. The van der Waals surface area contributed by atoms with Gasteiger partial charge in [-0.3, -0.25) is 38.8 Å². The van der Waals surface area contributed by atoms with Gasteiger partial charge in [0.2, 0.25) is 17.7 Å². The van der Waals surface area contributed by atoms with E-state index in [1.165, 1.54) is 18.2 Å². The fraction of sp³-hybridized carbons (Fsp3) is 0.377. The van der Waals surface area contributed by atoms with Crippen LogP contribution in [0.5, 0.6) is 5.75 Å². The number of carbonyl (C=O) groups excluding carboxylic acids is 7. The molecule has 0 saturated heterocycles. The number of fused-ring (bicyclic) bond motifs is 1. The second kappa shape index (κ2) is 33.9. The first-order valence-electron chi connectivity index (χ1n) is 28.4. The third-order valence-electron chi connectivity index (χ3n) is 13.2. The molecule has 0 aliphatic carbocycles. The lowest BCUT2D eigenvalue weighted by Crippen LogP contribution is -2.54. The molecule has 4 heterocycles. The zero-order valence-electron chi connectivity index (χ0n) is 48.7.